The van der Waals surface area contributed by atoms with Crippen molar-refractivity contribution in [1.82, 2.24) is 0 Å². The van der Waals surface area contributed by atoms with Crippen LogP contribution in [0.15, 0.2) is 48.0 Å². The summed E-state index contributed by atoms with van der Waals surface area (Å²) in [4.78, 5) is 12.6. The molecule has 1 heterocycles. The summed E-state index contributed by atoms with van der Waals surface area (Å²) in [7, 11) is 0. The smallest absolute Gasteiger partial charge is 0.266 e. The maximum atomic E-state index is 12.6. The topological polar surface area (TPSA) is 80.6 Å². The summed E-state index contributed by atoms with van der Waals surface area (Å²) in [5.74, 6) is 1.89. The van der Waals surface area contributed by atoms with Gasteiger partial charge in [-0.15, -0.1) is 0 Å². The van der Waals surface area contributed by atoms with Crippen LogP contribution < -0.4 is 19.5 Å². The summed E-state index contributed by atoms with van der Waals surface area (Å²) in [6.07, 6.45) is 2.46. The molecule has 0 spiro atoms. The summed E-state index contributed by atoms with van der Waals surface area (Å²) < 4.78 is 16.8. The molecule has 0 aliphatic carbocycles. The molecule has 0 saturated carbocycles. The number of anilines is 1. The predicted molar refractivity (Wildman–Crippen MR) is 111 cm³/mol. The molecule has 0 unspecified atom stereocenters. The molecular weight excluding hydrogens is 368 g/mol. The normalized spacial score (nSPS) is 13.0. The number of rotatable bonds is 7. The standard InChI is InChI=1S/C23H24N2O4/c1-16(2)9-10-27-20-6-4-3-5-17(20)13-18(15-24)23(26)25-19-7-8-21-22(14-19)29-12-11-28-21/h3-8,13-14,16H,9-12H2,1-2H3,(H,25,26). The van der Waals surface area contributed by atoms with Crippen LogP contribution in [0.2, 0.25) is 0 Å². The van der Waals surface area contributed by atoms with E-state index in [0.29, 0.717) is 54.2 Å². The summed E-state index contributed by atoms with van der Waals surface area (Å²) in [5.41, 5.74) is 1.20. The van der Waals surface area contributed by atoms with Crippen LogP contribution in [0.1, 0.15) is 25.8 Å². The SMILES string of the molecule is CC(C)CCOc1ccccc1C=C(C#N)C(=O)Nc1ccc2c(c1)OCCO2. The first kappa shape index (κ1) is 20.3. The van der Waals surface area contributed by atoms with E-state index in [2.05, 4.69) is 19.2 Å². The second kappa shape index (κ2) is 9.65. The quantitative estimate of drug-likeness (QED) is 0.557. The van der Waals surface area contributed by atoms with Gasteiger partial charge in [-0.25, -0.2) is 0 Å². The van der Waals surface area contributed by atoms with Crippen molar-refractivity contribution < 1.29 is 19.0 Å². The second-order valence-corrected chi connectivity index (χ2v) is 7.05. The molecule has 0 aromatic heterocycles. The minimum absolute atomic E-state index is 0.0141. The molecule has 6 nitrogen and oxygen atoms in total. The van der Waals surface area contributed by atoms with Crippen molar-refractivity contribution in [3.63, 3.8) is 0 Å². The Morgan fingerprint density at radius 1 is 1.21 bits per heavy atom. The van der Waals surface area contributed by atoms with Crippen molar-refractivity contribution in [1.29, 1.82) is 5.26 Å². The van der Waals surface area contributed by atoms with Gasteiger partial charge in [0.05, 0.1) is 6.61 Å². The third-order valence-corrected chi connectivity index (χ3v) is 4.34. The first-order chi connectivity index (χ1) is 14.1. The van der Waals surface area contributed by atoms with Crippen LogP contribution in [-0.4, -0.2) is 25.7 Å². The number of ether oxygens (including phenoxy) is 3. The number of nitrogens with zero attached hydrogens (tertiary/aromatic N) is 1. The van der Waals surface area contributed by atoms with Crippen molar-refractivity contribution in [3.05, 3.63) is 53.6 Å². The third kappa shape index (κ3) is 5.52. The Labute approximate surface area is 170 Å². The van der Waals surface area contributed by atoms with Gasteiger partial charge in [-0.2, -0.15) is 5.26 Å². The largest absolute Gasteiger partial charge is 0.493 e. The summed E-state index contributed by atoms with van der Waals surface area (Å²) in [5, 5.41) is 12.2. The molecule has 150 valence electrons. The van der Waals surface area contributed by atoms with Gasteiger partial charge in [-0.1, -0.05) is 32.0 Å². The van der Waals surface area contributed by atoms with E-state index in [9.17, 15) is 10.1 Å². The Kier molecular flexibility index (Phi) is 6.75. The number of hydrogen-bond donors (Lipinski definition) is 1. The molecule has 1 aliphatic heterocycles. The zero-order valence-corrected chi connectivity index (χ0v) is 16.6. The summed E-state index contributed by atoms with van der Waals surface area (Å²) in [6, 6.07) is 14.5. The summed E-state index contributed by atoms with van der Waals surface area (Å²) in [6.45, 7) is 5.80. The molecule has 29 heavy (non-hydrogen) atoms. The zero-order chi connectivity index (χ0) is 20.6. The van der Waals surface area contributed by atoms with Crippen molar-refractivity contribution in [2.45, 2.75) is 20.3 Å². The van der Waals surface area contributed by atoms with E-state index in [4.69, 9.17) is 14.2 Å². The third-order valence-electron chi connectivity index (χ3n) is 4.34. The number of para-hydroxylation sites is 1. The lowest BCUT2D eigenvalue weighted by molar-refractivity contribution is -0.112. The fourth-order valence-electron chi connectivity index (χ4n) is 2.76. The van der Waals surface area contributed by atoms with E-state index in [1.807, 2.05) is 30.3 Å². The fraction of sp³-hybridized carbons (Fsp3) is 0.304. The lowest BCUT2D eigenvalue weighted by Crippen LogP contribution is -2.17. The molecule has 6 heteroatoms. The van der Waals surface area contributed by atoms with Crippen LogP contribution in [0.3, 0.4) is 0 Å². The Balaban J connectivity index is 1.74. The van der Waals surface area contributed by atoms with Crippen molar-refractivity contribution in [3.8, 4) is 23.3 Å². The minimum atomic E-state index is -0.499. The van der Waals surface area contributed by atoms with E-state index in [0.717, 1.165) is 6.42 Å². The van der Waals surface area contributed by atoms with Crippen LogP contribution >= 0.6 is 0 Å². The molecule has 2 aromatic carbocycles. The van der Waals surface area contributed by atoms with Gasteiger partial charge in [0.1, 0.15) is 30.6 Å². The monoisotopic (exact) mass is 392 g/mol. The fourth-order valence-corrected chi connectivity index (χ4v) is 2.76. The molecule has 0 bridgehead atoms. The molecule has 3 rings (SSSR count). The van der Waals surface area contributed by atoms with E-state index in [-0.39, 0.29) is 5.57 Å². The van der Waals surface area contributed by atoms with Crippen molar-refractivity contribution in [2.24, 2.45) is 5.92 Å². The Morgan fingerprint density at radius 2 is 1.97 bits per heavy atom. The van der Waals surface area contributed by atoms with E-state index >= 15 is 0 Å². The molecule has 0 saturated heterocycles. The lowest BCUT2D eigenvalue weighted by atomic mass is 10.1. The Bertz CT molecular complexity index is 944. The van der Waals surface area contributed by atoms with Gasteiger partial charge >= 0.3 is 0 Å². The molecule has 0 fully saturated rings. The van der Waals surface area contributed by atoms with Crippen LogP contribution in [0.4, 0.5) is 5.69 Å². The maximum Gasteiger partial charge on any atom is 0.266 e. The average molecular weight is 392 g/mol. The van der Waals surface area contributed by atoms with Gasteiger partial charge in [0.2, 0.25) is 0 Å². The predicted octanol–water partition coefficient (Wildman–Crippen LogP) is 4.43. The van der Waals surface area contributed by atoms with Crippen LogP contribution in [-0.2, 0) is 4.79 Å². The number of nitrogens with one attached hydrogen (secondary N) is 1. The van der Waals surface area contributed by atoms with Gasteiger partial charge < -0.3 is 19.5 Å². The highest BCUT2D eigenvalue weighted by molar-refractivity contribution is 6.10. The highest BCUT2D eigenvalue weighted by Crippen LogP contribution is 2.32. The molecule has 2 aromatic rings. The second-order valence-electron chi connectivity index (χ2n) is 7.05. The van der Waals surface area contributed by atoms with Gasteiger partial charge in [-0.05, 0) is 36.6 Å². The van der Waals surface area contributed by atoms with Gasteiger partial charge in [0.25, 0.3) is 5.91 Å². The van der Waals surface area contributed by atoms with Gasteiger partial charge in [0, 0.05) is 17.3 Å². The van der Waals surface area contributed by atoms with Crippen LogP contribution in [0.25, 0.3) is 6.08 Å². The van der Waals surface area contributed by atoms with E-state index < -0.39 is 5.91 Å². The number of benzene rings is 2. The molecule has 0 radical (unpaired) electrons. The number of amides is 1. The van der Waals surface area contributed by atoms with E-state index in [1.54, 1.807) is 18.2 Å². The Morgan fingerprint density at radius 3 is 2.72 bits per heavy atom. The highest BCUT2D eigenvalue weighted by atomic mass is 16.6. The van der Waals surface area contributed by atoms with Gasteiger partial charge in [0.15, 0.2) is 11.5 Å². The average Bonchev–Trinajstić information content (AvgIpc) is 2.72. The molecule has 1 amide bonds. The van der Waals surface area contributed by atoms with Crippen LogP contribution in [0.5, 0.6) is 17.2 Å². The molecular formula is C23H24N2O4. The van der Waals surface area contributed by atoms with Crippen LogP contribution in [0, 0.1) is 17.2 Å². The molecule has 0 atom stereocenters. The lowest BCUT2D eigenvalue weighted by Gasteiger charge is -2.19. The summed E-state index contributed by atoms with van der Waals surface area (Å²) >= 11 is 0. The number of fused-ring (bicyclic) bond motifs is 1. The number of carbonyl (C=O) groups excluding carboxylic acids is 1. The van der Waals surface area contributed by atoms with Gasteiger partial charge in [-0.3, -0.25) is 4.79 Å². The highest BCUT2D eigenvalue weighted by Gasteiger charge is 2.15. The first-order valence-electron chi connectivity index (χ1n) is 9.61. The Hall–Kier alpha value is -3.46. The molecule has 1 N–H and O–H groups in total. The first-order valence-corrected chi connectivity index (χ1v) is 9.61. The number of carbonyl (C=O) groups is 1. The maximum absolute atomic E-state index is 12.6. The zero-order valence-electron chi connectivity index (χ0n) is 16.6. The number of nitriles is 1. The minimum Gasteiger partial charge on any atom is -0.493 e. The number of hydrogen-bond acceptors (Lipinski definition) is 5. The van der Waals surface area contributed by atoms with Crippen molar-refractivity contribution >= 4 is 17.7 Å². The van der Waals surface area contributed by atoms with E-state index in [1.165, 1.54) is 6.08 Å². The molecule has 1 aliphatic rings. The van der Waals surface area contributed by atoms with Crippen molar-refractivity contribution in [2.75, 3.05) is 25.1 Å².